The molecule has 4 aromatic rings. The lowest BCUT2D eigenvalue weighted by Crippen LogP contribution is -3.14. The third kappa shape index (κ3) is 4.33. The minimum Gasteiger partial charge on any atom is -0.493 e. The third-order valence-electron chi connectivity index (χ3n) is 6.31. The first-order valence-corrected chi connectivity index (χ1v) is 11.6. The lowest BCUT2D eigenvalue weighted by molar-refractivity contribution is -0.906. The van der Waals surface area contributed by atoms with Crippen LogP contribution in [-0.4, -0.2) is 74.1 Å². The molecule has 1 fully saturated rings. The summed E-state index contributed by atoms with van der Waals surface area (Å²) in [5, 5.41) is 3.03. The zero-order chi connectivity index (χ0) is 24.4. The van der Waals surface area contributed by atoms with Gasteiger partial charge in [-0.25, -0.2) is 9.97 Å². The Morgan fingerprint density at radius 3 is 2.51 bits per heavy atom. The summed E-state index contributed by atoms with van der Waals surface area (Å²) in [7, 11) is 3.15. The summed E-state index contributed by atoms with van der Waals surface area (Å²) >= 11 is 0. The molecular formula is C25H29N6O4+. The van der Waals surface area contributed by atoms with E-state index < -0.39 is 0 Å². The van der Waals surface area contributed by atoms with Crippen LogP contribution in [0.3, 0.4) is 0 Å². The predicted octanol–water partition coefficient (Wildman–Crippen LogP) is 0.818. The molecule has 10 nitrogen and oxygen atoms in total. The van der Waals surface area contributed by atoms with Gasteiger partial charge in [0.05, 0.1) is 57.2 Å². The van der Waals surface area contributed by atoms with E-state index in [9.17, 15) is 4.79 Å². The number of anilines is 1. The van der Waals surface area contributed by atoms with E-state index in [1.165, 1.54) is 4.90 Å². The summed E-state index contributed by atoms with van der Waals surface area (Å²) in [6.45, 7) is 4.72. The molecule has 0 atom stereocenters. The number of amides is 1. The maximum Gasteiger partial charge on any atom is 0.257 e. The predicted molar refractivity (Wildman–Crippen MR) is 133 cm³/mol. The number of para-hydroxylation sites is 2. The van der Waals surface area contributed by atoms with Crippen LogP contribution in [0.25, 0.3) is 27.9 Å². The van der Waals surface area contributed by atoms with Crippen molar-refractivity contribution in [2.24, 2.45) is 0 Å². The van der Waals surface area contributed by atoms with Crippen molar-refractivity contribution in [3.8, 4) is 17.2 Å². The number of benzene rings is 2. The van der Waals surface area contributed by atoms with Crippen molar-refractivity contribution < 1.29 is 23.9 Å². The van der Waals surface area contributed by atoms with Gasteiger partial charge in [0.2, 0.25) is 0 Å². The number of nitrogen functional groups attached to an aromatic ring is 1. The van der Waals surface area contributed by atoms with Gasteiger partial charge in [0.25, 0.3) is 5.91 Å². The molecule has 1 saturated heterocycles. The van der Waals surface area contributed by atoms with Gasteiger partial charge in [0.1, 0.15) is 30.0 Å². The van der Waals surface area contributed by atoms with Crippen LogP contribution < -0.4 is 25.4 Å². The Morgan fingerprint density at radius 2 is 1.80 bits per heavy atom. The van der Waals surface area contributed by atoms with Crippen LogP contribution in [-0.2, 0) is 4.74 Å². The van der Waals surface area contributed by atoms with Crippen molar-refractivity contribution in [3.63, 3.8) is 0 Å². The molecule has 2 aromatic heterocycles. The molecular weight excluding hydrogens is 448 g/mol. The van der Waals surface area contributed by atoms with Gasteiger partial charge in [-0.15, -0.1) is 0 Å². The molecule has 5 rings (SSSR count). The second kappa shape index (κ2) is 9.77. The second-order valence-electron chi connectivity index (χ2n) is 8.39. The number of nitrogens with one attached hydrogen (secondary N) is 2. The van der Waals surface area contributed by atoms with Crippen LogP contribution in [0.5, 0.6) is 11.5 Å². The normalized spacial score (nSPS) is 14.3. The quantitative estimate of drug-likeness (QED) is 0.361. The number of methoxy groups -OCH3 is 2. The van der Waals surface area contributed by atoms with E-state index in [4.69, 9.17) is 29.9 Å². The van der Waals surface area contributed by atoms with Crippen molar-refractivity contribution in [3.05, 3.63) is 48.0 Å². The van der Waals surface area contributed by atoms with Crippen molar-refractivity contribution in [1.29, 1.82) is 0 Å². The zero-order valence-corrected chi connectivity index (χ0v) is 19.8. The number of ether oxygens (including phenoxy) is 3. The molecule has 0 spiro atoms. The molecule has 182 valence electrons. The Labute approximate surface area is 202 Å². The average molecular weight is 478 g/mol. The van der Waals surface area contributed by atoms with Crippen LogP contribution in [0.2, 0.25) is 0 Å². The Kier molecular flexibility index (Phi) is 6.39. The Bertz CT molecular complexity index is 1380. The first-order chi connectivity index (χ1) is 17.1. The summed E-state index contributed by atoms with van der Waals surface area (Å²) in [6.07, 6.45) is 0. The number of hydrogen-bond donors (Lipinski definition) is 3. The van der Waals surface area contributed by atoms with E-state index in [0.29, 0.717) is 51.5 Å². The van der Waals surface area contributed by atoms with Gasteiger partial charge in [-0.05, 0) is 24.3 Å². The van der Waals surface area contributed by atoms with Crippen LogP contribution in [0, 0.1) is 0 Å². The number of carbonyl (C=O) groups is 1. The number of rotatable bonds is 7. The van der Waals surface area contributed by atoms with Gasteiger partial charge in [0, 0.05) is 6.07 Å². The Morgan fingerprint density at radius 1 is 1.09 bits per heavy atom. The molecule has 10 heteroatoms. The molecule has 0 unspecified atom stereocenters. The van der Waals surface area contributed by atoms with E-state index in [-0.39, 0.29) is 11.7 Å². The van der Waals surface area contributed by atoms with Crippen molar-refractivity contribution >= 4 is 33.9 Å². The van der Waals surface area contributed by atoms with Gasteiger partial charge >= 0.3 is 0 Å². The number of morpholine rings is 1. The SMILES string of the molecule is COc1ccc(-n2c(N)c(C(=O)NCC[NH+]3CCOCC3)c3nc4ccccc4nc32)cc1OC. The Balaban J connectivity index is 1.57. The standard InChI is InChI=1S/C25H28N6O4/c1-33-19-8-7-16(15-20(19)34-2)31-23(26)21(25(32)27-9-10-30-11-13-35-14-12-30)22-24(31)29-18-6-4-3-5-17(18)28-22/h3-8,15H,9-14,26H2,1-2H3,(H,27,32)/p+1. The van der Waals surface area contributed by atoms with E-state index in [0.717, 1.165) is 32.8 Å². The lowest BCUT2D eigenvalue weighted by Gasteiger charge is -2.23. The molecule has 4 N–H and O–H groups in total. The fraction of sp³-hybridized carbons (Fsp3) is 0.320. The number of nitrogens with zero attached hydrogens (tertiary/aromatic N) is 3. The summed E-state index contributed by atoms with van der Waals surface area (Å²) in [5.74, 6) is 1.12. The van der Waals surface area contributed by atoms with Gasteiger partial charge in [-0.3, -0.25) is 9.36 Å². The van der Waals surface area contributed by atoms with Gasteiger partial charge in [0.15, 0.2) is 17.1 Å². The summed E-state index contributed by atoms with van der Waals surface area (Å²) in [5.41, 5.74) is 9.96. The van der Waals surface area contributed by atoms with Gasteiger partial charge in [-0.1, -0.05) is 12.1 Å². The Hall–Kier alpha value is -3.89. The molecule has 1 aliphatic rings. The maximum absolute atomic E-state index is 13.4. The van der Waals surface area contributed by atoms with Crippen molar-refractivity contribution in [1.82, 2.24) is 19.9 Å². The number of hydrogen-bond acceptors (Lipinski definition) is 7. The fourth-order valence-corrected chi connectivity index (χ4v) is 4.46. The molecule has 2 aromatic carbocycles. The molecule has 35 heavy (non-hydrogen) atoms. The zero-order valence-electron chi connectivity index (χ0n) is 19.8. The summed E-state index contributed by atoms with van der Waals surface area (Å²) < 4.78 is 18.0. The molecule has 1 aliphatic heterocycles. The minimum absolute atomic E-state index is 0.263. The first-order valence-electron chi connectivity index (χ1n) is 11.6. The second-order valence-corrected chi connectivity index (χ2v) is 8.39. The molecule has 3 heterocycles. The number of aromatic nitrogens is 3. The minimum atomic E-state index is -0.274. The lowest BCUT2D eigenvalue weighted by atomic mass is 10.2. The van der Waals surface area contributed by atoms with Crippen molar-refractivity contribution in [2.45, 2.75) is 0 Å². The highest BCUT2D eigenvalue weighted by Crippen LogP contribution is 2.35. The van der Waals surface area contributed by atoms with Crippen LogP contribution >= 0.6 is 0 Å². The topological polar surface area (TPSA) is 118 Å². The number of carbonyl (C=O) groups excluding carboxylic acids is 1. The number of fused-ring (bicyclic) bond motifs is 2. The van der Waals surface area contributed by atoms with Crippen molar-refractivity contribution in [2.75, 3.05) is 59.3 Å². The fourth-order valence-electron chi connectivity index (χ4n) is 4.46. The largest absolute Gasteiger partial charge is 0.493 e. The maximum atomic E-state index is 13.4. The van der Waals surface area contributed by atoms with Crippen LogP contribution in [0.1, 0.15) is 10.4 Å². The molecule has 1 amide bonds. The van der Waals surface area contributed by atoms with Gasteiger partial charge < -0.3 is 30.2 Å². The first kappa shape index (κ1) is 22.9. The summed E-state index contributed by atoms with van der Waals surface area (Å²) in [4.78, 5) is 24.4. The van der Waals surface area contributed by atoms with Gasteiger partial charge in [-0.2, -0.15) is 0 Å². The molecule has 0 radical (unpaired) electrons. The highest BCUT2D eigenvalue weighted by molar-refractivity contribution is 6.11. The van der Waals surface area contributed by atoms with E-state index >= 15 is 0 Å². The number of quaternary nitrogens is 1. The number of nitrogens with two attached hydrogens (primary N) is 1. The van der Waals surface area contributed by atoms with Crippen LogP contribution in [0.15, 0.2) is 42.5 Å². The van der Waals surface area contributed by atoms with E-state index in [2.05, 4.69) is 5.32 Å². The highest BCUT2D eigenvalue weighted by atomic mass is 16.5. The third-order valence-corrected chi connectivity index (χ3v) is 6.31. The van der Waals surface area contributed by atoms with E-state index in [1.807, 2.05) is 30.3 Å². The monoisotopic (exact) mass is 477 g/mol. The molecule has 0 aliphatic carbocycles. The smallest absolute Gasteiger partial charge is 0.257 e. The van der Waals surface area contributed by atoms with Crippen LogP contribution in [0.4, 0.5) is 5.82 Å². The average Bonchev–Trinajstić information content (AvgIpc) is 3.17. The molecule has 0 bridgehead atoms. The van der Waals surface area contributed by atoms with E-state index in [1.54, 1.807) is 30.9 Å². The summed E-state index contributed by atoms with van der Waals surface area (Å²) in [6, 6.07) is 13.0. The molecule has 0 saturated carbocycles. The highest BCUT2D eigenvalue weighted by Gasteiger charge is 2.25.